The predicted molar refractivity (Wildman–Crippen MR) is 358 cm³/mol. The number of phosphoric acid groups is 2. The lowest BCUT2D eigenvalue weighted by Gasteiger charge is -2.21. The van der Waals surface area contributed by atoms with E-state index in [9.17, 15) is 43.2 Å². The van der Waals surface area contributed by atoms with E-state index in [2.05, 4.69) is 41.5 Å². The van der Waals surface area contributed by atoms with Gasteiger partial charge in [-0.2, -0.15) is 0 Å². The lowest BCUT2D eigenvalue weighted by atomic mass is 10.0. The molecule has 0 spiro atoms. The van der Waals surface area contributed by atoms with Crippen LogP contribution in [0, 0.1) is 11.8 Å². The van der Waals surface area contributed by atoms with Crippen molar-refractivity contribution in [2.24, 2.45) is 11.8 Å². The molecule has 0 fully saturated rings. The SMILES string of the molecule is CCCCCCCCCCCCCCCCC(=O)O[C@H](COC(=O)CCCCCCC)COP(=O)(O)OC[C@H](O)COP(=O)(O)OC[C@@H](COC(=O)CCCCCCCCCCCCCC(C)C)OC(=O)CCCCCCCCCCCCCCCC(C)C. The third-order valence-electron chi connectivity index (χ3n) is 16.2. The Kier molecular flexibility index (Phi) is 60.8. The smallest absolute Gasteiger partial charge is 0.462 e. The fourth-order valence-electron chi connectivity index (χ4n) is 10.6. The number of hydrogen-bond donors (Lipinski definition) is 3. The van der Waals surface area contributed by atoms with Gasteiger partial charge in [0.25, 0.3) is 0 Å². The summed E-state index contributed by atoms with van der Waals surface area (Å²) < 4.78 is 68.1. The molecular formula is C70H136O17P2. The van der Waals surface area contributed by atoms with Crippen molar-refractivity contribution < 1.29 is 80.2 Å². The van der Waals surface area contributed by atoms with Crippen LogP contribution in [0.15, 0.2) is 0 Å². The van der Waals surface area contributed by atoms with Gasteiger partial charge in [-0.1, -0.05) is 305 Å². The van der Waals surface area contributed by atoms with Crippen molar-refractivity contribution in [3.63, 3.8) is 0 Å². The maximum atomic E-state index is 13.0. The van der Waals surface area contributed by atoms with E-state index in [1.165, 1.54) is 167 Å². The minimum Gasteiger partial charge on any atom is -0.462 e. The third-order valence-corrected chi connectivity index (χ3v) is 18.1. The van der Waals surface area contributed by atoms with Crippen LogP contribution >= 0.6 is 15.6 Å². The fourth-order valence-corrected chi connectivity index (χ4v) is 12.2. The Balaban J connectivity index is 5.16. The highest BCUT2D eigenvalue weighted by Crippen LogP contribution is 2.45. The van der Waals surface area contributed by atoms with Gasteiger partial charge in [0.1, 0.15) is 19.3 Å². The van der Waals surface area contributed by atoms with E-state index in [0.29, 0.717) is 25.7 Å². The average molecular weight is 1310 g/mol. The van der Waals surface area contributed by atoms with Gasteiger partial charge in [0.05, 0.1) is 26.4 Å². The zero-order valence-corrected chi connectivity index (χ0v) is 59.5. The van der Waals surface area contributed by atoms with Gasteiger partial charge in [-0.25, -0.2) is 9.13 Å². The molecule has 0 bridgehead atoms. The first-order valence-electron chi connectivity index (χ1n) is 36.5. The minimum atomic E-state index is -4.95. The molecular weight excluding hydrogens is 1170 g/mol. The highest BCUT2D eigenvalue weighted by Gasteiger charge is 2.30. The van der Waals surface area contributed by atoms with Gasteiger partial charge >= 0.3 is 39.5 Å². The van der Waals surface area contributed by atoms with Gasteiger partial charge in [0.15, 0.2) is 12.2 Å². The normalized spacial score (nSPS) is 14.1. The second kappa shape index (κ2) is 62.2. The van der Waals surface area contributed by atoms with Crippen LogP contribution in [0.3, 0.4) is 0 Å². The molecule has 0 heterocycles. The molecule has 528 valence electrons. The standard InChI is InChI=1S/C70H136O17P2/c1-7-9-11-13-14-15-16-17-20-25-31-36-42-48-54-69(74)86-65(58-80-67(72)52-46-38-12-10-8-2)60-84-88(76,77)82-56-64(71)57-83-89(78,79)85-61-66(59-81-68(73)53-47-41-35-30-27-22-24-29-34-40-45-51-63(5)6)87-70(75)55-49-43-37-32-26-21-18-19-23-28-33-39-44-50-62(3)4/h62-66,71H,7-61H2,1-6H3,(H,76,77)(H,78,79)/t64-,65+,66+/m0/s1. The fraction of sp³-hybridized carbons (Fsp3) is 0.943. The topological polar surface area (TPSA) is 237 Å². The van der Waals surface area contributed by atoms with Crippen molar-refractivity contribution in [2.75, 3.05) is 39.6 Å². The van der Waals surface area contributed by atoms with E-state index in [4.69, 9.17) is 37.0 Å². The van der Waals surface area contributed by atoms with E-state index >= 15 is 0 Å². The number of ether oxygens (including phenoxy) is 4. The van der Waals surface area contributed by atoms with Crippen LogP contribution in [-0.4, -0.2) is 96.7 Å². The zero-order chi connectivity index (χ0) is 65.7. The van der Waals surface area contributed by atoms with Crippen molar-refractivity contribution in [1.29, 1.82) is 0 Å². The second-order valence-electron chi connectivity index (χ2n) is 26.2. The van der Waals surface area contributed by atoms with Crippen LogP contribution in [0.25, 0.3) is 0 Å². The average Bonchev–Trinajstić information content (AvgIpc) is 3.66. The molecule has 0 rings (SSSR count). The number of carbonyl (C=O) groups is 4. The molecule has 0 aliphatic heterocycles. The Morgan fingerprint density at radius 2 is 0.517 bits per heavy atom. The van der Waals surface area contributed by atoms with E-state index < -0.39 is 97.5 Å². The molecule has 0 saturated carbocycles. The number of rotatable bonds is 69. The van der Waals surface area contributed by atoms with Crippen LogP contribution < -0.4 is 0 Å². The molecule has 0 saturated heterocycles. The molecule has 17 nitrogen and oxygen atoms in total. The van der Waals surface area contributed by atoms with Gasteiger partial charge in [0.2, 0.25) is 0 Å². The van der Waals surface area contributed by atoms with Crippen LogP contribution in [0.2, 0.25) is 0 Å². The first-order valence-corrected chi connectivity index (χ1v) is 39.5. The van der Waals surface area contributed by atoms with E-state index in [0.717, 1.165) is 108 Å². The number of carbonyl (C=O) groups excluding carboxylic acids is 4. The Labute approximate surface area is 543 Å². The summed E-state index contributed by atoms with van der Waals surface area (Å²) >= 11 is 0. The number of aliphatic hydroxyl groups excluding tert-OH is 1. The lowest BCUT2D eigenvalue weighted by molar-refractivity contribution is -0.161. The second-order valence-corrected chi connectivity index (χ2v) is 29.1. The number of hydrogen-bond acceptors (Lipinski definition) is 15. The maximum absolute atomic E-state index is 13.0. The van der Waals surface area contributed by atoms with E-state index in [-0.39, 0.29) is 25.7 Å². The predicted octanol–water partition coefficient (Wildman–Crippen LogP) is 20.0. The van der Waals surface area contributed by atoms with Crippen molar-refractivity contribution >= 4 is 39.5 Å². The Bertz CT molecular complexity index is 1730. The van der Waals surface area contributed by atoms with E-state index in [1.54, 1.807) is 0 Å². The molecule has 0 aliphatic rings. The summed E-state index contributed by atoms with van der Waals surface area (Å²) in [6.45, 7) is 9.49. The van der Waals surface area contributed by atoms with Gasteiger partial charge in [0, 0.05) is 25.7 Å². The molecule has 0 radical (unpaired) electrons. The summed E-state index contributed by atoms with van der Waals surface area (Å²) in [6.07, 6.45) is 47.5. The molecule has 2 unspecified atom stereocenters. The largest absolute Gasteiger partial charge is 0.472 e. The monoisotopic (exact) mass is 1310 g/mol. The molecule has 0 aromatic rings. The highest BCUT2D eigenvalue weighted by atomic mass is 31.2. The lowest BCUT2D eigenvalue weighted by Crippen LogP contribution is -2.30. The van der Waals surface area contributed by atoms with Gasteiger partial charge in [-0.05, 0) is 37.5 Å². The van der Waals surface area contributed by atoms with Crippen molar-refractivity contribution in [3.05, 3.63) is 0 Å². The zero-order valence-electron chi connectivity index (χ0n) is 57.7. The van der Waals surface area contributed by atoms with Crippen molar-refractivity contribution in [2.45, 2.75) is 374 Å². The molecule has 89 heavy (non-hydrogen) atoms. The first-order chi connectivity index (χ1) is 42.9. The molecule has 0 aromatic heterocycles. The Hall–Kier alpha value is -1.94. The number of esters is 4. The van der Waals surface area contributed by atoms with Crippen molar-refractivity contribution in [1.82, 2.24) is 0 Å². The maximum Gasteiger partial charge on any atom is 0.472 e. The first kappa shape index (κ1) is 87.1. The third kappa shape index (κ3) is 64.6. The van der Waals surface area contributed by atoms with Crippen LogP contribution in [0.1, 0.15) is 356 Å². The molecule has 0 aromatic carbocycles. The van der Waals surface area contributed by atoms with Gasteiger partial charge in [-0.15, -0.1) is 0 Å². The van der Waals surface area contributed by atoms with Crippen LogP contribution in [0.4, 0.5) is 0 Å². The Morgan fingerprint density at radius 3 is 0.764 bits per heavy atom. The number of aliphatic hydroxyl groups is 1. The summed E-state index contributed by atoms with van der Waals surface area (Å²) in [6, 6.07) is 0. The Morgan fingerprint density at radius 1 is 0.303 bits per heavy atom. The van der Waals surface area contributed by atoms with Crippen LogP contribution in [0.5, 0.6) is 0 Å². The highest BCUT2D eigenvalue weighted by molar-refractivity contribution is 7.47. The van der Waals surface area contributed by atoms with Gasteiger partial charge < -0.3 is 33.8 Å². The number of phosphoric ester groups is 2. The molecule has 3 N–H and O–H groups in total. The molecule has 5 atom stereocenters. The number of unbranched alkanes of at least 4 members (excludes halogenated alkanes) is 39. The summed E-state index contributed by atoms with van der Waals surface area (Å²) in [5, 5.41) is 10.6. The quantitative estimate of drug-likeness (QED) is 0.0222. The summed E-state index contributed by atoms with van der Waals surface area (Å²) in [5.41, 5.74) is 0. The summed E-state index contributed by atoms with van der Waals surface area (Å²) in [4.78, 5) is 72.3. The molecule has 19 heteroatoms. The molecule has 0 amide bonds. The van der Waals surface area contributed by atoms with E-state index in [1.807, 2.05) is 0 Å². The van der Waals surface area contributed by atoms with Crippen molar-refractivity contribution in [3.8, 4) is 0 Å². The summed E-state index contributed by atoms with van der Waals surface area (Å²) in [5.74, 6) is -0.576. The van der Waals surface area contributed by atoms with Crippen LogP contribution in [-0.2, 0) is 65.4 Å². The summed E-state index contributed by atoms with van der Waals surface area (Å²) in [7, 11) is -9.89. The molecule has 0 aliphatic carbocycles. The minimum absolute atomic E-state index is 0.107. The van der Waals surface area contributed by atoms with Gasteiger partial charge in [-0.3, -0.25) is 37.3 Å².